The van der Waals surface area contributed by atoms with Gasteiger partial charge in [0, 0.05) is 50.0 Å². The summed E-state index contributed by atoms with van der Waals surface area (Å²) >= 11 is 0. The van der Waals surface area contributed by atoms with E-state index in [0.29, 0.717) is 18.6 Å². The highest BCUT2D eigenvalue weighted by molar-refractivity contribution is 5.55. The molecule has 0 bridgehead atoms. The number of anilines is 2. The summed E-state index contributed by atoms with van der Waals surface area (Å²) < 4.78 is 45.8. The number of nitro benzene ring substituents is 1. The minimum Gasteiger partial charge on any atom is -0.489 e. The van der Waals surface area contributed by atoms with Gasteiger partial charge in [-0.15, -0.1) is 0 Å². The first-order chi connectivity index (χ1) is 15.8. The number of nitrogens with one attached hydrogen (secondary N) is 2. The van der Waals surface area contributed by atoms with Crippen molar-refractivity contribution in [2.24, 2.45) is 0 Å². The Balaban J connectivity index is 1.33. The molecular weight excluding hydrogens is 439 g/mol. The highest BCUT2D eigenvalue weighted by Gasteiger charge is 2.38. The molecular formula is C22H26F3N5O3. The van der Waals surface area contributed by atoms with Crippen LogP contribution in [0.5, 0.6) is 5.75 Å². The molecule has 0 spiro atoms. The Morgan fingerprint density at radius 3 is 2.52 bits per heavy atom. The molecule has 178 valence electrons. The van der Waals surface area contributed by atoms with E-state index in [4.69, 9.17) is 4.74 Å². The molecule has 0 unspecified atom stereocenters. The predicted octanol–water partition coefficient (Wildman–Crippen LogP) is 4.22. The van der Waals surface area contributed by atoms with E-state index >= 15 is 0 Å². The van der Waals surface area contributed by atoms with Crippen LogP contribution in [0.15, 0.2) is 36.7 Å². The predicted molar refractivity (Wildman–Crippen MR) is 118 cm³/mol. The van der Waals surface area contributed by atoms with Gasteiger partial charge in [-0.05, 0) is 37.8 Å². The number of benzene rings is 1. The molecule has 1 aromatic heterocycles. The van der Waals surface area contributed by atoms with Crippen molar-refractivity contribution in [3.8, 4) is 5.75 Å². The number of hydrogen-bond acceptors (Lipinski definition) is 7. The number of aromatic nitrogens is 1. The number of hydrogen-bond donors (Lipinski definition) is 2. The van der Waals surface area contributed by atoms with Crippen molar-refractivity contribution in [3.05, 3.63) is 52.3 Å². The number of pyridine rings is 1. The maximum atomic E-state index is 13.2. The van der Waals surface area contributed by atoms with Crippen LogP contribution < -0.4 is 20.3 Å². The van der Waals surface area contributed by atoms with E-state index in [9.17, 15) is 23.3 Å². The Kier molecular flexibility index (Phi) is 6.87. The summed E-state index contributed by atoms with van der Waals surface area (Å²) in [7, 11) is 0. The second-order valence-electron chi connectivity index (χ2n) is 8.34. The number of nitrogens with zero attached hydrogens (tertiary/aromatic N) is 3. The molecule has 1 saturated heterocycles. The van der Waals surface area contributed by atoms with E-state index in [2.05, 4.69) is 20.5 Å². The number of ether oxygens (including phenoxy) is 1. The van der Waals surface area contributed by atoms with Crippen molar-refractivity contribution >= 4 is 17.1 Å². The fourth-order valence-electron chi connectivity index (χ4n) is 4.33. The Labute approximate surface area is 189 Å². The van der Waals surface area contributed by atoms with E-state index < -0.39 is 22.4 Å². The molecule has 2 heterocycles. The molecule has 0 atom stereocenters. The van der Waals surface area contributed by atoms with Crippen LogP contribution in [0.1, 0.15) is 31.2 Å². The van der Waals surface area contributed by atoms with Crippen molar-refractivity contribution in [1.29, 1.82) is 0 Å². The number of piperazine rings is 1. The number of halogens is 3. The van der Waals surface area contributed by atoms with E-state index in [1.54, 1.807) is 6.20 Å². The second-order valence-corrected chi connectivity index (χ2v) is 8.34. The number of nitro groups is 1. The van der Waals surface area contributed by atoms with Crippen LogP contribution in [0.25, 0.3) is 0 Å². The molecule has 1 saturated carbocycles. The van der Waals surface area contributed by atoms with Crippen LogP contribution in [0.2, 0.25) is 0 Å². The van der Waals surface area contributed by atoms with Crippen molar-refractivity contribution in [3.63, 3.8) is 0 Å². The smallest absolute Gasteiger partial charge is 0.423 e. The largest absolute Gasteiger partial charge is 0.489 e. The van der Waals surface area contributed by atoms with Gasteiger partial charge in [0.2, 0.25) is 0 Å². The zero-order valence-corrected chi connectivity index (χ0v) is 18.0. The third-order valence-corrected chi connectivity index (χ3v) is 6.03. The topological polar surface area (TPSA) is 92.6 Å². The molecule has 1 aliphatic heterocycles. The third kappa shape index (κ3) is 5.84. The van der Waals surface area contributed by atoms with Gasteiger partial charge >= 0.3 is 6.18 Å². The van der Waals surface area contributed by atoms with Crippen LogP contribution >= 0.6 is 0 Å². The lowest BCUT2D eigenvalue weighted by Gasteiger charge is -2.31. The fourth-order valence-corrected chi connectivity index (χ4v) is 4.33. The number of rotatable bonds is 6. The quantitative estimate of drug-likeness (QED) is 0.487. The highest BCUT2D eigenvalue weighted by atomic mass is 19.4. The van der Waals surface area contributed by atoms with Crippen molar-refractivity contribution < 1.29 is 22.8 Å². The van der Waals surface area contributed by atoms with Crippen molar-refractivity contribution in [2.45, 2.75) is 44.0 Å². The van der Waals surface area contributed by atoms with Crippen LogP contribution in [0.3, 0.4) is 0 Å². The SMILES string of the molecule is O=[N+]([O-])c1ccc(NC2CCC(Oc3cncc(N4CCNCC4)c3)CC2)cc1C(F)(F)F. The van der Waals surface area contributed by atoms with Crippen LogP contribution in [0, 0.1) is 10.1 Å². The van der Waals surface area contributed by atoms with Crippen molar-refractivity contribution in [1.82, 2.24) is 10.3 Å². The van der Waals surface area contributed by atoms with Gasteiger partial charge in [0.1, 0.15) is 11.3 Å². The van der Waals surface area contributed by atoms with Gasteiger partial charge in [0.15, 0.2) is 0 Å². The zero-order valence-electron chi connectivity index (χ0n) is 18.0. The summed E-state index contributed by atoms with van der Waals surface area (Å²) in [6.45, 7) is 3.70. The molecule has 2 aliphatic rings. The molecule has 2 fully saturated rings. The molecule has 1 aromatic carbocycles. The maximum absolute atomic E-state index is 13.2. The molecule has 2 aromatic rings. The molecule has 0 amide bonds. The zero-order chi connectivity index (χ0) is 23.4. The van der Waals surface area contributed by atoms with E-state index in [1.165, 1.54) is 6.07 Å². The Hall–Kier alpha value is -3.08. The summed E-state index contributed by atoms with van der Waals surface area (Å²) in [6.07, 6.45) is 1.67. The second kappa shape index (κ2) is 9.82. The van der Waals surface area contributed by atoms with E-state index in [0.717, 1.165) is 56.8 Å². The first-order valence-corrected chi connectivity index (χ1v) is 11.0. The van der Waals surface area contributed by atoms with Gasteiger partial charge < -0.3 is 20.3 Å². The number of alkyl halides is 3. The average Bonchev–Trinajstić information content (AvgIpc) is 2.80. The Morgan fingerprint density at radius 2 is 1.85 bits per heavy atom. The van der Waals surface area contributed by atoms with Gasteiger partial charge in [0.05, 0.1) is 29.1 Å². The lowest BCUT2D eigenvalue weighted by Crippen LogP contribution is -2.43. The lowest BCUT2D eigenvalue weighted by molar-refractivity contribution is -0.388. The summed E-state index contributed by atoms with van der Waals surface area (Å²) in [5, 5.41) is 17.3. The first-order valence-electron chi connectivity index (χ1n) is 11.0. The average molecular weight is 465 g/mol. The van der Waals surface area contributed by atoms with E-state index in [1.807, 2.05) is 12.3 Å². The molecule has 8 nitrogen and oxygen atoms in total. The molecule has 4 rings (SSSR count). The van der Waals surface area contributed by atoms with Crippen LogP contribution in [0.4, 0.5) is 30.2 Å². The summed E-state index contributed by atoms with van der Waals surface area (Å²) in [5.74, 6) is 0.715. The summed E-state index contributed by atoms with van der Waals surface area (Å²) in [4.78, 5) is 16.5. The van der Waals surface area contributed by atoms with Gasteiger partial charge in [-0.2, -0.15) is 13.2 Å². The minimum atomic E-state index is -4.79. The summed E-state index contributed by atoms with van der Waals surface area (Å²) in [6, 6.07) is 5.01. The molecule has 11 heteroatoms. The first kappa shape index (κ1) is 23.1. The lowest BCUT2D eigenvalue weighted by atomic mass is 9.92. The van der Waals surface area contributed by atoms with Gasteiger partial charge in [-0.25, -0.2) is 0 Å². The molecule has 1 aliphatic carbocycles. The normalized spacial score (nSPS) is 21.5. The Morgan fingerprint density at radius 1 is 1.12 bits per heavy atom. The van der Waals surface area contributed by atoms with Crippen molar-refractivity contribution in [2.75, 3.05) is 36.4 Å². The van der Waals surface area contributed by atoms with Crippen LogP contribution in [-0.4, -0.2) is 48.2 Å². The van der Waals surface area contributed by atoms with Crippen LogP contribution in [-0.2, 0) is 6.18 Å². The highest BCUT2D eigenvalue weighted by Crippen LogP contribution is 2.38. The maximum Gasteiger partial charge on any atom is 0.423 e. The van der Waals surface area contributed by atoms with E-state index in [-0.39, 0.29) is 17.8 Å². The van der Waals surface area contributed by atoms with Gasteiger partial charge in [0.25, 0.3) is 5.69 Å². The molecule has 0 radical (unpaired) electrons. The van der Waals surface area contributed by atoms with Gasteiger partial charge in [-0.3, -0.25) is 15.1 Å². The molecule has 2 N–H and O–H groups in total. The Bertz CT molecular complexity index is 974. The van der Waals surface area contributed by atoms with Gasteiger partial charge in [-0.1, -0.05) is 0 Å². The summed E-state index contributed by atoms with van der Waals surface area (Å²) in [5.41, 5.74) is -0.929. The standard InChI is InChI=1S/C22H26F3N5O3/c23-22(24,25)20-11-16(3-6-21(20)30(31)32)28-15-1-4-18(5-2-15)33-19-12-17(13-27-14-19)29-9-7-26-8-10-29/h3,6,11-15,18,26,28H,1-2,4-5,7-10H2. The monoisotopic (exact) mass is 465 g/mol. The molecule has 33 heavy (non-hydrogen) atoms. The minimum absolute atomic E-state index is 0.00530. The third-order valence-electron chi connectivity index (χ3n) is 6.03. The fraction of sp³-hybridized carbons (Fsp3) is 0.500.